The number of unbranched alkanes of at least 4 members (excludes halogenated alkanes) is 25. The van der Waals surface area contributed by atoms with Crippen molar-refractivity contribution in [2.24, 2.45) is 0 Å². The summed E-state index contributed by atoms with van der Waals surface area (Å²) >= 11 is 0. The lowest BCUT2D eigenvalue weighted by Gasteiger charge is -2.28. The van der Waals surface area contributed by atoms with Crippen LogP contribution in [0.4, 0.5) is 0 Å². The van der Waals surface area contributed by atoms with Crippen LogP contribution < -0.4 is 4.89 Å². The van der Waals surface area contributed by atoms with Gasteiger partial charge in [-0.1, -0.05) is 307 Å². The molecule has 90 heavy (non-hydrogen) atoms. The van der Waals surface area contributed by atoms with E-state index in [-0.39, 0.29) is 26.1 Å². The molecular formula is C80H134NO8P. The monoisotopic (exact) mass is 1270 g/mol. The summed E-state index contributed by atoms with van der Waals surface area (Å²) in [7, 11) is 1.13. The van der Waals surface area contributed by atoms with E-state index in [4.69, 9.17) is 18.5 Å². The smallest absolute Gasteiger partial charge is 0.306 e. The maximum Gasteiger partial charge on any atom is 0.306 e. The SMILES string of the molecule is CC/C=C\C/C=C\C/C=C\C/C=C\C/C=C\C/C=C\C/C=C\C/C=C\C/C=C\CCCCCC(=O)OC(COC(=O)CCCCCCCCCCCCCCCCCCCCCCCC/C=C\C/C=C\C/C=C\C/C=C\CC)COP(=O)([O-])OCC[N+](C)(C)C. The molecule has 0 aliphatic rings. The molecule has 2 atom stereocenters. The van der Waals surface area contributed by atoms with Gasteiger partial charge in [-0.2, -0.15) is 0 Å². The van der Waals surface area contributed by atoms with Gasteiger partial charge in [-0.05, 0) is 122 Å². The van der Waals surface area contributed by atoms with E-state index in [0.717, 1.165) is 122 Å². The van der Waals surface area contributed by atoms with Crippen LogP contribution >= 0.6 is 7.82 Å². The van der Waals surface area contributed by atoms with E-state index in [2.05, 4.69) is 172 Å². The molecular weight excluding hydrogens is 1130 g/mol. The Kier molecular flexibility index (Phi) is 65.6. The fraction of sp³-hybridized carbons (Fsp3) is 0.650. The van der Waals surface area contributed by atoms with E-state index >= 15 is 0 Å². The molecule has 0 radical (unpaired) electrons. The highest BCUT2D eigenvalue weighted by Gasteiger charge is 2.22. The number of phosphoric ester groups is 1. The number of likely N-dealkylation sites (N-methyl/N-ethyl adjacent to an activating group) is 1. The van der Waals surface area contributed by atoms with Crippen molar-refractivity contribution in [1.82, 2.24) is 0 Å². The molecule has 0 rings (SSSR count). The number of hydrogen-bond donors (Lipinski definition) is 0. The minimum atomic E-state index is -4.66. The molecule has 0 N–H and O–H groups in total. The molecule has 2 unspecified atom stereocenters. The van der Waals surface area contributed by atoms with Gasteiger partial charge in [0.2, 0.25) is 0 Å². The van der Waals surface area contributed by atoms with Crippen LogP contribution in [-0.4, -0.2) is 70.0 Å². The van der Waals surface area contributed by atoms with Gasteiger partial charge in [-0.15, -0.1) is 0 Å². The zero-order valence-electron chi connectivity index (χ0n) is 58.3. The number of quaternary nitrogens is 1. The van der Waals surface area contributed by atoms with Crippen molar-refractivity contribution >= 4 is 19.8 Å². The topological polar surface area (TPSA) is 111 Å². The van der Waals surface area contributed by atoms with E-state index in [9.17, 15) is 19.0 Å². The Balaban J connectivity index is 4.10. The van der Waals surface area contributed by atoms with Gasteiger partial charge in [0.05, 0.1) is 27.7 Å². The molecule has 0 aliphatic heterocycles. The summed E-state index contributed by atoms with van der Waals surface area (Å²) in [5.41, 5.74) is 0. The molecule has 0 fully saturated rings. The second kappa shape index (κ2) is 69.0. The molecule has 10 heteroatoms. The summed E-state index contributed by atoms with van der Waals surface area (Å²) in [6.45, 7) is 3.98. The van der Waals surface area contributed by atoms with Crippen LogP contribution in [0.2, 0.25) is 0 Å². The highest BCUT2D eigenvalue weighted by molar-refractivity contribution is 7.45. The molecule has 0 aromatic heterocycles. The first-order valence-corrected chi connectivity index (χ1v) is 37.7. The lowest BCUT2D eigenvalue weighted by molar-refractivity contribution is -0.870. The van der Waals surface area contributed by atoms with E-state index in [1.54, 1.807) is 0 Å². The Hall–Kier alpha value is -4.37. The summed E-state index contributed by atoms with van der Waals surface area (Å²) in [6, 6.07) is 0. The Bertz CT molecular complexity index is 2080. The molecule has 0 heterocycles. The van der Waals surface area contributed by atoms with E-state index in [1.807, 2.05) is 21.1 Å². The predicted octanol–water partition coefficient (Wildman–Crippen LogP) is 23.3. The average molecular weight is 1270 g/mol. The van der Waals surface area contributed by atoms with Crippen LogP contribution in [0.15, 0.2) is 158 Å². The zero-order chi connectivity index (χ0) is 65.5. The van der Waals surface area contributed by atoms with Crippen molar-refractivity contribution in [3.63, 3.8) is 0 Å². The third kappa shape index (κ3) is 72.7. The second-order valence-corrected chi connectivity index (χ2v) is 26.2. The summed E-state index contributed by atoms with van der Waals surface area (Å²) < 4.78 is 34.3. The van der Waals surface area contributed by atoms with Crippen LogP contribution in [-0.2, 0) is 32.7 Å². The third-order valence-electron chi connectivity index (χ3n) is 15.0. The normalized spacial score (nSPS) is 14.1. The van der Waals surface area contributed by atoms with Gasteiger partial charge < -0.3 is 27.9 Å². The largest absolute Gasteiger partial charge is 0.756 e. The van der Waals surface area contributed by atoms with Crippen molar-refractivity contribution in [3.05, 3.63) is 158 Å². The van der Waals surface area contributed by atoms with Gasteiger partial charge >= 0.3 is 11.9 Å². The Labute approximate surface area is 554 Å². The van der Waals surface area contributed by atoms with Crippen molar-refractivity contribution < 1.29 is 42.1 Å². The first-order valence-electron chi connectivity index (χ1n) is 36.2. The minimum absolute atomic E-state index is 0.0445. The maximum absolute atomic E-state index is 12.9. The highest BCUT2D eigenvalue weighted by Crippen LogP contribution is 2.38. The van der Waals surface area contributed by atoms with Crippen LogP contribution in [0.1, 0.15) is 284 Å². The molecule has 0 bridgehead atoms. The van der Waals surface area contributed by atoms with E-state index < -0.39 is 32.5 Å². The zero-order valence-corrected chi connectivity index (χ0v) is 59.2. The molecule has 0 aromatic carbocycles. The highest BCUT2D eigenvalue weighted by atomic mass is 31.2. The van der Waals surface area contributed by atoms with Crippen molar-refractivity contribution in [3.8, 4) is 0 Å². The number of carbonyl (C=O) groups excluding carboxylic acids is 2. The quantitative estimate of drug-likeness (QED) is 0.0195. The van der Waals surface area contributed by atoms with Crippen LogP contribution in [0, 0.1) is 0 Å². The number of phosphoric acid groups is 1. The second-order valence-electron chi connectivity index (χ2n) is 24.8. The number of nitrogens with zero attached hydrogens (tertiary/aromatic N) is 1. The number of rotatable bonds is 65. The molecule has 0 saturated carbocycles. The summed E-state index contributed by atoms with van der Waals surface area (Å²) in [6.07, 6.45) is 103. The van der Waals surface area contributed by atoms with Gasteiger partial charge in [-0.25, -0.2) is 0 Å². The van der Waals surface area contributed by atoms with Crippen molar-refractivity contribution in [2.75, 3.05) is 47.5 Å². The molecule has 0 spiro atoms. The predicted molar refractivity (Wildman–Crippen MR) is 387 cm³/mol. The lowest BCUT2D eigenvalue weighted by atomic mass is 10.0. The molecule has 512 valence electrons. The standard InChI is InChI=1S/C80H134NO8P/c1-6-8-10-12-14-16-18-20-22-24-26-28-30-32-34-36-38-39-40-41-43-44-46-48-50-52-54-56-58-60-62-64-66-68-70-72-79(82)86-76-78(77-88-90(84,85)87-75-74-81(3,4)5)89-80(83)73-71-69-67-65-63-61-59-57-55-53-51-49-47-45-42-37-35-33-31-29-27-25-23-21-19-17-15-13-11-9-7-2/h8-11,14-17,20-23,26-29,33,35,42,45,49,51,55,57,61,63,78H,6-7,12-13,18-19,24-25,30-32,34,36-41,43-44,46-48,50,52-54,56,58-60,62,64-77H2,1-5H3/b10-8-,11-9-,16-14-,17-15-,22-20-,23-21-,28-26-,29-27-,35-33-,45-42-,51-49-,57-55-,63-61-. The third-order valence-corrected chi connectivity index (χ3v) is 16.0. The summed E-state index contributed by atoms with van der Waals surface area (Å²) in [4.78, 5) is 38.1. The van der Waals surface area contributed by atoms with Gasteiger partial charge in [0.1, 0.15) is 19.8 Å². The summed E-state index contributed by atoms with van der Waals surface area (Å²) in [5.74, 6) is -0.873. The number of carbonyl (C=O) groups is 2. The average Bonchev–Trinajstić information content (AvgIpc) is 3.58. The molecule has 0 saturated heterocycles. The van der Waals surface area contributed by atoms with Crippen molar-refractivity contribution in [2.45, 2.75) is 290 Å². The number of hydrogen-bond acceptors (Lipinski definition) is 8. The van der Waals surface area contributed by atoms with Crippen molar-refractivity contribution in [1.29, 1.82) is 0 Å². The van der Waals surface area contributed by atoms with Crippen LogP contribution in [0.25, 0.3) is 0 Å². The lowest BCUT2D eigenvalue weighted by Crippen LogP contribution is -2.37. The molecule has 0 aromatic rings. The maximum atomic E-state index is 12.9. The Morgan fingerprint density at radius 3 is 0.900 bits per heavy atom. The van der Waals surface area contributed by atoms with Crippen LogP contribution in [0.5, 0.6) is 0 Å². The summed E-state index contributed by atoms with van der Waals surface area (Å²) in [5, 5.41) is 0. The molecule has 0 amide bonds. The Morgan fingerprint density at radius 1 is 0.344 bits per heavy atom. The van der Waals surface area contributed by atoms with E-state index in [0.29, 0.717) is 17.4 Å². The molecule has 9 nitrogen and oxygen atoms in total. The van der Waals surface area contributed by atoms with Gasteiger partial charge in [0.15, 0.2) is 6.10 Å². The minimum Gasteiger partial charge on any atom is -0.756 e. The first-order chi connectivity index (χ1) is 44.0. The van der Waals surface area contributed by atoms with Gasteiger partial charge in [0, 0.05) is 12.8 Å². The number of esters is 2. The van der Waals surface area contributed by atoms with Crippen LogP contribution in [0.3, 0.4) is 0 Å². The fourth-order valence-corrected chi connectivity index (χ4v) is 10.3. The van der Waals surface area contributed by atoms with E-state index in [1.165, 1.54) is 128 Å². The number of allylic oxidation sites excluding steroid dienone is 26. The Morgan fingerprint density at radius 2 is 0.600 bits per heavy atom. The first kappa shape index (κ1) is 85.6. The van der Waals surface area contributed by atoms with Gasteiger partial charge in [-0.3, -0.25) is 14.2 Å². The van der Waals surface area contributed by atoms with Gasteiger partial charge in [0.25, 0.3) is 7.82 Å². The fourth-order valence-electron chi connectivity index (χ4n) is 9.58. The molecule has 0 aliphatic carbocycles. The number of ether oxygens (including phenoxy) is 2.